The van der Waals surface area contributed by atoms with Gasteiger partial charge in [0.05, 0.1) is 17.7 Å². The monoisotopic (exact) mass is 168 g/mol. The highest BCUT2D eigenvalue weighted by atomic mass is 33.5. The normalized spacial score (nSPS) is 24.0. The summed E-state index contributed by atoms with van der Waals surface area (Å²) in [5.41, 5.74) is 0. The number of rotatable bonds is 0. The summed E-state index contributed by atoms with van der Waals surface area (Å²) in [6.45, 7) is 0.929. The average molecular weight is 168 g/mol. The van der Waals surface area contributed by atoms with Crippen LogP contribution in [0.5, 0.6) is 0 Å². The van der Waals surface area contributed by atoms with E-state index in [9.17, 15) is 0 Å². The molecule has 0 aromatic heterocycles. The minimum absolute atomic E-state index is 0.929. The molecule has 48 valence electrons. The Morgan fingerprint density at radius 1 is 1.25 bits per heavy atom. The van der Waals surface area contributed by atoms with Crippen LogP contribution in [0.4, 0.5) is 0 Å². The quantitative estimate of drug-likeness (QED) is 0.406. The van der Waals surface area contributed by atoms with Gasteiger partial charge in [-0.1, -0.05) is 10.8 Å². The first-order valence-corrected chi connectivity index (χ1v) is 6.15. The first-order chi connectivity index (χ1) is 4.00. The standard InChI is InChI=1S/C4H8OS3/c1-2-4-6-8-7-5-3-1/h1-4H2. The zero-order valence-electron chi connectivity index (χ0n) is 4.46. The molecule has 1 aliphatic heterocycles. The van der Waals surface area contributed by atoms with Crippen LogP contribution in [0.25, 0.3) is 0 Å². The highest BCUT2D eigenvalue weighted by Crippen LogP contribution is 2.37. The first-order valence-electron chi connectivity index (χ1n) is 2.58. The molecule has 0 aromatic carbocycles. The second-order valence-corrected chi connectivity index (χ2v) is 5.39. The molecule has 0 atom stereocenters. The predicted molar refractivity (Wildman–Crippen MR) is 42.8 cm³/mol. The molecular formula is C4H8OS3. The maximum absolute atomic E-state index is 5.13. The molecule has 1 nitrogen and oxygen atoms in total. The second kappa shape index (κ2) is 4.85. The average Bonchev–Trinajstić information content (AvgIpc) is 1.62. The Kier molecular flexibility index (Phi) is 4.32. The lowest BCUT2D eigenvalue weighted by atomic mass is 10.4. The lowest BCUT2D eigenvalue weighted by Crippen LogP contribution is -1.88. The van der Waals surface area contributed by atoms with Gasteiger partial charge in [0.1, 0.15) is 0 Å². The molecule has 1 rings (SSSR count). The highest BCUT2D eigenvalue weighted by molar-refractivity contribution is 9.08. The van der Waals surface area contributed by atoms with Crippen LogP contribution in [-0.4, -0.2) is 12.4 Å². The van der Waals surface area contributed by atoms with Crippen molar-refractivity contribution in [2.75, 3.05) is 12.4 Å². The van der Waals surface area contributed by atoms with Crippen LogP contribution in [0.3, 0.4) is 0 Å². The van der Waals surface area contributed by atoms with Gasteiger partial charge in [0.15, 0.2) is 0 Å². The van der Waals surface area contributed by atoms with Crippen LogP contribution < -0.4 is 0 Å². The fraction of sp³-hybridized carbons (Fsp3) is 1.00. The molecular weight excluding hydrogens is 160 g/mol. The summed E-state index contributed by atoms with van der Waals surface area (Å²) in [4.78, 5) is 0. The molecule has 0 aliphatic carbocycles. The van der Waals surface area contributed by atoms with E-state index < -0.39 is 0 Å². The molecule has 0 aromatic rings. The second-order valence-electron chi connectivity index (χ2n) is 1.49. The topological polar surface area (TPSA) is 9.23 Å². The van der Waals surface area contributed by atoms with Gasteiger partial charge in [-0.15, -0.1) is 0 Å². The molecule has 0 bridgehead atoms. The molecule has 0 saturated carbocycles. The zero-order chi connectivity index (χ0) is 5.66. The third-order valence-electron chi connectivity index (χ3n) is 0.829. The third kappa shape index (κ3) is 3.12. The van der Waals surface area contributed by atoms with Crippen molar-refractivity contribution in [1.82, 2.24) is 0 Å². The van der Waals surface area contributed by atoms with E-state index in [1.807, 2.05) is 10.8 Å². The lowest BCUT2D eigenvalue weighted by Gasteiger charge is -2.04. The summed E-state index contributed by atoms with van der Waals surface area (Å²) in [5, 5.41) is 0. The molecule has 0 amide bonds. The summed E-state index contributed by atoms with van der Waals surface area (Å²) in [6.07, 6.45) is 2.53. The van der Waals surface area contributed by atoms with E-state index >= 15 is 0 Å². The Bertz CT molecular complexity index is 35.2. The van der Waals surface area contributed by atoms with Crippen molar-refractivity contribution in [3.63, 3.8) is 0 Å². The van der Waals surface area contributed by atoms with E-state index in [4.69, 9.17) is 4.18 Å². The molecule has 1 saturated heterocycles. The Labute approximate surface area is 61.3 Å². The predicted octanol–water partition coefficient (Wildman–Crippen LogP) is 2.74. The summed E-state index contributed by atoms with van der Waals surface area (Å²) in [7, 11) is 3.62. The van der Waals surface area contributed by atoms with Gasteiger partial charge in [0.2, 0.25) is 0 Å². The fourth-order valence-electron chi connectivity index (χ4n) is 0.429. The highest BCUT2D eigenvalue weighted by Gasteiger charge is 1.97. The SMILES string of the molecule is C1CCSSSOC1. The maximum Gasteiger partial charge on any atom is 0.0740 e. The van der Waals surface area contributed by atoms with Gasteiger partial charge in [0, 0.05) is 15.6 Å². The summed E-state index contributed by atoms with van der Waals surface area (Å²) >= 11 is 1.51. The van der Waals surface area contributed by atoms with E-state index in [2.05, 4.69) is 0 Å². The van der Waals surface area contributed by atoms with E-state index in [0.717, 1.165) is 6.61 Å². The number of hydrogen-bond acceptors (Lipinski definition) is 4. The van der Waals surface area contributed by atoms with Gasteiger partial charge in [0.25, 0.3) is 0 Å². The van der Waals surface area contributed by atoms with Crippen molar-refractivity contribution in [3.05, 3.63) is 0 Å². The molecule has 8 heavy (non-hydrogen) atoms. The molecule has 0 radical (unpaired) electrons. The third-order valence-corrected chi connectivity index (χ3v) is 4.31. The molecule has 1 fully saturated rings. The Morgan fingerprint density at radius 2 is 2.25 bits per heavy atom. The minimum atomic E-state index is 0.929. The Hall–Kier alpha value is 1.01. The van der Waals surface area contributed by atoms with Gasteiger partial charge >= 0.3 is 0 Å². The van der Waals surface area contributed by atoms with Crippen LogP contribution in [-0.2, 0) is 4.18 Å². The van der Waals surface area contributed by atoms with Crippen LogP contribution in [0.15, 0.2) is 0 Å². The van der Waals surface area contributed by atoms with Crippen molar-refractivity contribution in [3.8, 4) is 0 Å². The first kappa shape index (κ1) is 7.12. The van der Waals surface area contributed by atoms with Crippen molar-refractivity contribution in [1.29, 1.82) is 0 Å². The van der Waals surface area contributed by atoms with Gasteiger partial charge < -0.3 is 4.18 Å². The molecule has 1 aliphatic rings. The summed E-state index contributed by atoms with van der Waals surface area (Å²) in [6, 6.07) is 0. The van der Waals surface area contributed by atoms with Crippen LogP contribution in [0.1, 0.15) is 12.8 Å². The van der Waals surface area contributed by atoms with E-state index in [0.29, 0.717) is 0 Å². The summed E-state index contributed by atoms with van der Waals surface area (Å²) < 4.78 is 5.13. The van der Waals surface area contributed by atoms with Crippen LogP contribution in [0, 0.1) is 0 Å². The molecule has 0 N–H and O–H groups in total. The molecule has 0 unspecified atom stereocenters. The van der Waals surface area contributed by atoms with Gasteiger partial charge in [-0.05, 0) is 12.8 Å². The van der Waals surface area contributed by atoms with Crippen molar-refractivity contribution in [2.45, 2.75) is 12.8 Å². The fourth-order valence-corrected chi connectivity index (χ4v) is 3.40. The minimum Gasteiger partial charge on any atom is -0.304 e. The lowest BCUT2D eigenvalue weighted by molar-refractivity contribution is 0.368. The molecule has 0 spiro atoms. The van der Waals surface area contributed by atoms with E-state index in [-0.39, 0.29) is 0 Å². The largest absolute Gasteiger partial charge is 0.304 e. The molecule has 1 heterocycles. The van der Waals surface area contributed by atoms with Crippen molar-refractivity contribution >= 4 is 31.7 Å². The van der Waals surface area contributed by atoms with Crippen molar-refractivity contribution in [2.24, 2.45) is 0 Å². The van der Waals surface area contributed by atoms with E-state index in [1.165, 1.54) is 29.7 Å². The maximum atomic E-state index is 5.13. The Morgan fingerprint density at radius 3 is 3.25 bits per heavy atom. The Balaban J connectivity index is 2.00. The van der Waals surface area contributed by atoms with Gasteiger partial charge in [-0.2, -0.15) is 0 Å². The van der Waals surface area contributed by atoms with Crippen molar-refractivity contribution < 1.29 is 4.18 Å². The van der Waals surface area contributed by atoms with Gasteiger partial charge in [-0.3, -0.25) is 0 Å². The van der Waals surface area contributed by atoms with Crippen LogP contribution >= 0.6 is 31.7 Å². The zero-order valence-corrected chi connectivity index (χ0v) is 6.91. The smallest absolute Gasteiger partial charge is 0.0740 e. The number of hydrogen-bond donors (Lipinski definition) is 0. The molecule has 4 heteroatoms. The van der Waals surface area contributed by atoms with E-state index in [1.54, 1.807) is 9.83 Å². The van der Waals surface area contributed by atoms with Gasteiger partial charge in [-0.25, -0.2) is 0 Å². The van der Waals surface area contributed by atoms with Crippen LogP contribution in [0.2, 0.25) is 0 Å². The summed E-state index contributed by atoms with van der Waals surface area (Å²) in [5.74, 6) is 1.28.